The first-order valence-electron chi connectivity index (χ1n) is 7.50. The molecule has 23 heavy (non-hydrogen) atoms. The number of ether oxygens (including phenoxy) is 1. The average molecular weight is 305 g/mol. The number of aromatic nitrogens is 1. The third kappa shape index (κ3) is 1.91. The van der Waals surface area contributed by atoms with Crippen LogP contribution in [-0.4, -0.2) is 23.8 Å². The highest BCUT2D eigenvalue weighted by atomic mass is 16.5. The third-order valence-electron chi connectivity index (χ3n) is 4.53. The van der Waals surface area contributed by atoms with Gasteiger partial charge in [-0.15, -0.1) is 0 Å². The Morgan fingerprint density at radius 2 is 1.74 bits per heavy atom. The van der Waals surface area contributed by atoms with Crippen molar-refractivity contribution in [2.45, 2.75) is 5.92 Å². The highest BCUT2D eigenvalue weighted by Gasteiger charge is 2.47. The molecule has 0 saturated carbocycles. The minimum absolute atomic E-state index is 0.197. The molecule has 0 spiro atoms. The summed E-state index contributed by atoms with van der Waals surface area (Å²) in [5.74, 6) is -1.83. The lowest BCUT2D eigenvalue weighted by atomic mass is 9.84. The maximum atomic E-state index is 12.8. The van der Waals surface area contributed by atoms with Crippen LogP contribution in [0.15, 0.2) is 54.6 Å². The number of para-hydroxylation sites is 1. The van der Waals surface area contributed by atoms with Crippen LogP contribution in [0, 0.1) is 5.92 Å². The number of Topliss-reactive ketones (excluding diaryl/α,β-unsaturated/α-hetero) is 1. The standard InChI is InChI=1S/C19H15NO3/c1-23-19(22)16-14(11-7-3-2-4-8-11)15-12-9-5-6-10-13(12)20-17(15)18(16)21/h2-10,14,16,20H,1H3/t14-,16+/m1/s1. The first kappa shape index (κ1) is 13.8. The van der Waals surface area contributed by atoms with E-state index < -0.39 is 11.9 Å². The van der Waals surface area contributed by atoms with Gasteiger partial charge in [-0.3, -0.25) is 9.59 Å². The van der Waals surface area contributed by atoms with Crippen molar-refractivity contribution in [2.75, 3.05) is 7.11 Å². The first-order chi connectivity index (χ1) is 11.2. The normalized spacial score (nSPS) is 19.8. The minimum atomic E-state index is -0.826. The second-order valence-corrected chi connectivity index (χ2v) is 5.71. The van der Waals surface area contributed by atoms with Crippen LogP contribution in [0.25, 0.3) is 10.9 Å². The van der Waals surface area contributed by atoms with E-state index in [4.69, 9.17) is 4.74 Å². The molecule has 0 unspecified atom stereocenters. The molecule has 1 aliphatic rings. The summed E-state index contributed by atoms with van der Waals surface area (Å²) in [6.45, 7) is 0. The Kier molecular flexibility index (Phi) is 3.05. The molecule has 0 bridgehead atoms. The number of ketones is 1. The summed E-state index contributed by atoms with van der Waals surface area (Å²) in [6.07, 6.45) is 0. The van der Waals surface area contributed by atoms with Gasteiger partial charge in [-0.25, -0.2) is 0 Å². The Labute approximate surface area is 133 Å². The van der Waals surface area contributed by atoms with Crippen molar-refractivity contribution in [1.29, 1.82) is 0 Å². The molecule has 0 radical (unpaired) electrons. The summed E-state index contributed by atoms with van der Waals surface area (Å²) < 4.78 is 4.90. The molecule has 0 fully saturated rings. The van der Waals surface area contributed by atoms with Crippen LogP contribution in [0.4, 0.5) is 0 Å². The van der Waals surface area contributed by atoms with Gasteiger partial charge in [-0.1, -0.05) is 48.5 Å². The van der Waals surface area contributed by atoms with Gasteiger partial charge < -0.3 is 9.72 Å². The molecule has 1 aliphatic carbocycles. The molecule has 4 rings (SSSR count). The topological polar surface area (TPSA) is 59.2 Å². The van der Waals surface area contributed by atoms with Crippen molar-refractivity contribution in [1.82, 2.24) is 4.98 Å². The fraction of sp³-hybridized carbons (Fsp3) is 0.158. The molecule has 4 heteroatoms. The van der Waals surface area contributed by atoms with Crippen molar-refractivity contribution < 1.29 is 14.3 Å². The van der Waals surface area contributed by atoms with Crippen molar-refractivity contribution >= 4 is 22.7 Å². The van der Waals surface area contributed by atoms with E-state index in [0.29, 0.717) is 5.69 Å². The van der Waals surface area contributed by atoms with E-state index in [-0.39, 0.29) is 11.7 Å². The second kappa shape index (κ2) is 5.09. The summed E-state index contributed by atoms with van der Waals surface area (Å²) in [5, 5.41) is 0.983. The number of rotatable bonds is 2. The Bertz CT molecular complexity index is 911. The van der Waals surface area contributed by atoms with Crippen molar-refractivity contribution in [3.05, 3.63) is 71.4 Å². The lowest BCUT2D eigenvalue weighted by Gasteiger charge is -2.18. The largest absolute Gasteiger partial charge is 0.468 e. The second-order valence-electron chi connectivity index (χ2n) is 5.71. The predicted molar refractivity (Wildman–Crippen MR) is 86.4 cm³/mol. The Hall–Kier alpha value is -2.88. The van der Waals surface area contributed by atoms with Crippen molar-refractivity contribution in [3.8, 4) is 0 Å². The summed E-state index contributed by atoms with van der Waals surface area (Å²) in [4.78, 5) is 28.2. The average Bonchev–Trinajstić information content (AvgIpc) is 3.10. The molecule has 0 saturated heterocycles. The molecule has 2 aromatic carbocycles. The number of hydrogen-bond donors (Lipinski definition) is 1. The summed E-state index contributed by atoms with van der Waals surface area (Å²) >= 11 is 0. The van der Waals surface area contributed by atoms with Crippen molar-refractivity contribution in [2.24, 2.45) is 5.92 Å². The Balaban J connectivity index is 2.00. The molecule has 1 heterocycles. The predicted octanol–water partition coefficient (Wildman–Crippen LogP) is 3.29. The summed E-state index contributed by atoms with van der Waals surface area (Å²) in [6, 6.07) is 17.4. The fourth-order valence-electron chi connectivity index (χ4n) is 3.54. The molecule has 3 aromatic rings. The van der Waals surface area contributed by atoms with Crippen LogP contribution in [0.3, 0.4) is 0 Å². The Morgan fingerprint density at radius 3 is 2.48 bits per heavy atom. The van der Waals surface area contributed by atoms with Gasteiger partial charge in [0.1, 0.15) is 5.92 Å². The van der Waals surface area contributed by atoms with Gasteiger partial charge in [0.15, 0.2) is 5.78 Å². The number of H-pyrrole nitrogens is 1. The van der Waals surface area contributed by atoms with E-state index in [2.05, 4.69) is 4.98 Å². The third-order valence-corrected chi connectivity index (χ3v) is 4.53. The zero-order valence-corrected chi connectivity index (χ0v) is 12.6. The van der Waals surface area contributed by atoms with E-state index in [1.807, 2.05) is 54.6 Å². The van der Waals surface area contributed by atoms with E-state index >= 15 is 0 Å². The van der Waals surface area contributed by atoms with Gasteiger partial charge in [0.25, 0.3) is 0 Å². The van der Waals surface area contributed by atoms with Gasteiger partial charge in [0.05, 0.1) is 12.8 Å². The molecule has 4 nitrogen and oxygen atoms in total. The zero-order valence-electron chi connectivity index (χ0n) is 12.6. The number of hydrogen-bond acceptors (Lipinski definition) is 3. The molecular formula is C19H15NO3. The molecule has 114 valence electrons. The number of fused-ring (bicyclic) bond motifs is 3. The molecule has 0 aliphatic heterocycles. The smallest absolute Gasteiger partial charge is 0.317 e. The zero-order chi connectivity index (χ0) is 16.0. The maximum Gasteiger partial charge on any atom is 0.317 e. The van der Waals surface area contributed by atoms with Gasteiger partial charge in [-0.2, -0.15) is 0 Å². The number of carbonyl (C=O) groups excluding carboxylic acids is 2. The van der Waals surface area contributed by atoms with Gasteiger partial charge in [0, 0.05) is 16.8 Å². The Morgan fingerprint density at radius 1 is 1.04 bits per heavy atom. The number of benzene rings is 2. The number of aromatic amines is 1. The summed E-state index contributed by atoms with van der Waals surface area (Å²) in [5.41, 5.74) is 3.28. The van der Waals surface area contributed by atoms with Crippen LogP contribution in [-0.2, 0) is 9.53 Å². The molecular weight excluding hydrogens is 290 g/mol. The monoisotopic (exact) mass is 305 g/mol. The quantitative estimate of drug-likeness (QED) is 0.584. The van der Waals surface area contributed by atoms with E-state index in [1.54, 1.807) is 0 Å². The number of esters is 1. The first-order valence-corrected chi connectivity index (χ1v) is 7.50. The van der Waals surface area contributed by atoms with Crippen LogP contribution >= 0.6 is 0 Å². The maximum absolute atomic E-state index is 12.8. The number of methoxy groups -OCH3 is 1. The van der Waals surface area contributed by atoms with Gasteiger partial charge in [-0.05, 0) is 17.2 Å². The van der Waals surface area contributed by atoms with Gasteiger partial charge in [0.2, 0.25) is 0 Å². The van der Waals surface area contributed by atoms with E-state index in [9.17, 15) is 9.59 Å². The fourth-order valence-corrected chi connectivity index (χ4v) is 3.54. The molecule has 0 amide bonds. The highest BCUT2D eigenvalue weighted by molar-refractivity contribution is 6.16. The lowest BCUT2D eigenvalue weighted by molar-refractivity contribution is -0.143. The van der Waals surface area contributed by atoms with Crippen LogP contribution in [0.2, 0.25) is 0 Å². The number of nitrogens with one attached hydrogen (secondary N) is 1. The molecule has 2 atom stereocenters. The molecule has 1 N–H and O–H groups in total. The van der Waals surface area contributed by atoms with Crippen LogP contribution in [0.1, 0.15) is 27.5 Å². The van der Waals surface area contributed by atoms with E-state index in [1.165, 1.54) is 7.11 Å². The lowest BCUT2D eigenvalue weighted by Crippen LogP contribution is -2.26. The number of carbonyl (C=O) groups is 2. The highest BCUT2D eigenvalue weighted by Crippen LogP contribution is 2.46. The summed E-state index contributed by atoms with van der Waals surface area (Å²) in [7, 11) is 1.32. The van der Waals surface area contributed by atoms with E-state index in [0.717, 1.165) is 22.0 Å². The van der Waals surface area contributed by atoms with Crippen LogP contribution in [0.5, 0.6) is 0 Å². The van der Waals surface area contributed by atoms with Gasteiger partial charge >= 0.3 is 5.97 Å². The SMILES string of the molecule is COC(=O)[C@@H]1C(=O)c2[nH]c3ccccc3c2[C@H]1c1ccccc1. The molecule has 1 aromatic heterocycles. The minimum Gasteiger partial charge on any atom is -0.468 e. The van der Waals surface area contributed by atoms with Crippen LogP contribution < -0.4 is 0 Å². The van der Waals surface area contributed by atoms with Crippen molar-refractivity contribution in [3.63, 3.8) is 0 Å².